The predicted octanol–water partition coefficient (Wildman–Crippen LogP) is 2.67. The summed E-state index contributed by atoms with van der Waals surface area (Å²) in [4.78, 5) is 29.3. The van der Waals surface area contributed by atoms with E-state index in [0.717, 1.165) is 0 Å². The first kappa shape index (κ1) is 20.2. The van der Waals surface area contributed by atoms with Crippen molar-refractivity contribution in [3.05, 3.63) is 100 Å². The number of benzene rings is 2. The molecule has 2 aromatic carbocycles. The fourth-order valence-corrected chi connectivity index (χ4v) is 3.13. The zero-order valence-electron chi connectivity index (χ0n) is 16.5. The molecule has 2 aromatic heterocycles. The Morgan fingerprint density at radius 1 is 1.00 bits per heavy atom. The fraction of sp³-hybridized carbons (Fsp3) is 0.130. The van der Waals surface area contributed by atoms with Crippen molar-refractivity contribution in [2.24, 2.45) is 0 Å². The Morgan fingerprint density at radius 2 is 1.74 bits per heavy atom. The second-order valence-corrected chi connectivity index (χ2v) is 6.77. The highest BCUT2D eigenvalue weighted by Crippen LogP contribution is 2.15. The Morgan fingerprint density at radius 3 is 2.52 bits per heavy atom. The van der Waals surface area contributed by atoms with Gasteiger partial charge in [0.15, 0.2) is 18.2 Å². The molecule has 0 unspecified atom stereocenters. The zero-order chi connectivity index (χ0) is 21.6. The summed E-state index contributed by atoms with van der Waals surface area (Å²) in [5, 5.41) is 8.31. The van der Waals surface area contributed by atoms with Crippen LogP contribution in [-0.4, -0.2) is 27.3 Å². The molecule has 4 rings (SSSR count). The van der Waals surface area contributed by atoms with Crippen molar-refractivity contribution in [3.63, 3.8) is 0 Å². The summed E-state index contributed by atoms with van der Waals surface area (Å²) >= 11 is 0. The monoisotopic (exact) mass is 418 g/mol. The molecular formula is C23H19FN4O3. The minimum Gasteiger partial charge on any atom is -0.481 e. The SMILES string of the molecule is O=C(COc1ccccc1F)NCc1nn(Cc2ccccn2)c(=O)c2ccccc12. The summed E-state index contributed by atoms with van der Waals surface area (Å²) in [5.74, 6) is -0.966. The molecule has 7 nitrogen and oxygen atoms in total. The number of aromatic nitrogens is 3. The first-order valence-corrected chi connectivity index (χ1v) is 9.64. The number of halogens is 1. The van der Waals surface area contributed by atoms with E-state index in [1.54, 1.807) is 48.7 Å². The Kier molecular flexibility index (Phi) is 5.98. The van der Waals surface area contributed by atoms with Crippen LogP contribution in [0.3, 0.4) is 0 Å². The Bertz CT molecular complexity index is 1270. The molecule has 31 heavy (non-hydrogen) atoms. The molecule has 0 bridgehead atoms. The number of para-hydroxylation sites is 1. The third kappa shape index (κ3) is 4.75. The number of amides is 1. The van der Waals surface area contributed by atoms with Crippen LogP contribution in [0.5, 0.6) is 5.75 Å². The second kappa shape index (κ2) is 9.17. The van der Waals surface area contributed by atoms with Crippen LogP contribution in [0.2, 0.25) is 0 Å². The molecule has 1 N–H and O–H groups in total. The highest BCUT2D eigenvalue weighted by molar-refractivity contribution is 5.84. The quantitative estimate of drug-likeness (QED) is 0.499. The van der Waals surface area contributed by atoms with Gasteiger partial charge in [-0.1, -0.05) is 36.4 Å². The maximum absolute atomic E-state index is 13.6. The molecule has 0 aliphatic heterocycles. The van der Waals surface area contributed by atoms with Crippen molar-refractivity contribution in [2.75, 3.05) is 6.61 Å². The van der Waals surface area contributed by atoms with Gasteiger partial charge < -0.3 is 10.1 Å². The molecule has 0 aliphatic carbocycles. The van der Waals surface area contributed by atoms with Crippen molar-refractivity contribution >= 4 is 16.7 Å². The van der Waals surface area contributed by atoms with Gasteiger partial charge >= 0.3 is 0 Å². The van der Waals surface area contributed by atoms with E-state index in [4.69, 9.17) is 4.74 Å². The molecule has 0 saturated carbocycles. The van der Waals surface area contributed by atoms with Crippen LogP contribution < -0.4 is 15.6 Å². The van der Waals surface area contributed by atoms with E-state index in [9.17, 15) is 14.0 Å². The lowest BCUT2D eigenvalue weighted by Crippen LogP contribution is -2.31. The average Bonchev–Trinajstić information content (AvgIpc) is 2.80. The summed E-state index contributed by atoms with van der Waals surface area (Å²) < 4.78 is 20.2. The number of hydrogen-bond acceptors (Lipinski definition) is 5. The van der Waals surface area contributed by atoms with Gasteiger partial charge in [0, 0.05) is 11.6 Å². The number of pyridine rings is 1. The second-order valence-electron chi connectivity index (χ2n) is 6.77. The number of nitrogens with one attached hydrogen (secondary N) is 1. The highest BCUT2D eigenvalue weighted by atomic mass is 19.1. The third-order valence-electron chi connectivity index (χ3n) is 4.63. The topological polar surface area (TPSA) is 86.1 Å². The van der Waals surface area contributed by atoms with Crippen LogP contribution in [0.1, 0.15) is 11.4 Å². The summed E-state index contributed by atoms with van der Waals surface area (Å²) in [6, 6.07) is 18.4. The minimum atomic E-state index is -0.537. The number of hydrogen-bond donors (Lipinski definition) is 1. The summed E-state index contributed by atoms with van der Waals surface area (Å²) in [6.45, 7) is -0.0449. The van der Waals surface area contributed by atoms with Gasteiger partial charge in [-0.3, -0.25) is 14.6 Å². The molecule has 0 saturated heterocycles. The Balaban J connectivity index is 1.52. The summed E-state index contributed by atoms with van der Waals surface area (Å²) in [6.07, 6.45) is 1.65. The lowest BCUT2D eigenvalue weighted by molar-refractivity contribution is -0.123. The number of ether oxygens (including phenoxy) is 1. The number of carbonyl (C=O) groups excluding carboxylic acids is 1. The molecule has 0 radical (unpaired) electrons. The van der Waals surface area contributed by atoms with Gasteiger partial charge in [-0.15, -0.1) is 0 Å². The molecule has 0 spiro atoms. The number of carbonyl (C=O) groups is 1. The largest absolute Gasteiger partial charge is 0.481 e. The standard InChI is InChI=1S/C23H19FN4O3/c24-19-10-3-4-11-21(19)31-15-22(29)26-13-20-17-8-1-2-9-18(17)23(30)28(27-20)14-16-7-5-6-12-25-16/h1-12H,13-15H2,(H,26,29). The van der Waals surface area contributed by atoms with Gasteiger partial charge in [-0.05, 0) is 30.3 Å². The van der Waals surface area contributed by atoms with Crippen LogP contribution in [0, 0.1) is 5.82 Å². The van der Waals surface area contributed by atoms with Crippen LogP contribution in [0.4, 0.5) is 4.39 Å². The van der Waals surface area contributed by atoms with E-state index >= 15 is 0 Å². The van der Waals surface area contributed by atoms with Gasteiger partial charge in [-0.2, -0.15) is 5.10 Å². The number of rotatable bonds is 7. The molecular weight excluding hydrogens is 399 g/mol. The zero-order valence-corrected chi connectivity index (χ0v) is 16.5. The molecule has 8 heteroatoms. The van der Waals surface area contributed by atoms with Crippen LogP contribution >= 0.6 is 0 Å². The van der Waals surface area contributed by atoms with Crippen molar-refractivity contribution in [1.29, 1.82) is 0 Å². The van der Waals surface area contributed by atoms with Crippen molar-refractivity contribution in [2.45, 2.75) is 13.1 Å². The summed E-state index contributed by atoms with van der Waals surface area (Å²) in [7, 11) is 0. The molecule has 2 heterocycles. The van der Waals surface area contributed by atoms with Crippen LogP contribution in [0.25, 0.3) is 10.8 Å². The molecule has 1 amide bonds. The van der Waals surface area contributed by atoms with E-state index in [0.29, 0.717) is 22.2 Å². The molecule has 4 aromatic rings. The maximum Gasteiger partial charge on any atom is 0.275 e. The van der Waals surface area contributed by atoms with E-state index < -0.39 is 11.7 Å². The third-order valence-corrected chi connectivity index (χ3v) is 4.63. The van der Waals surface area contributed by atoms with Crippen molar-refractivity contribution in [1.82, 2.24) is 20.1 Å². The molecule has 0 atom stereocenters. The normalized spacial score (nSPS) is 10.7. The van der Waals surface area contributed by atoms with E-state index in [1.165, 1.54) is 16.8 Å². The molecule has 0 aliphatic rings. The molecule has 156 valence electrons. The van der Waals surface area contributed by atoms with Crippen LogP contribution in [0.15, 0.2) is 77.7 Å². The van der Waals surface area contributed by atoms with Gasteiger partial charge in [0.2, 0.25) is 0 Å². The smallest absolute Gasteiger partial charge is 0.275 e. The van der Waals surface area contributed by atoms with E-state index in [-0.39, 0.29) is 31.0 Å². The molecule has 0 fully saturated rings. The Hall–Kier alpha value is -4.07. The van der Waals surface area contributed by atoms with E-state index in [2.05, 4.69) is 15.4 Å². The lowest BCUT2D eigenvalue weighted by Gasteiger charge is -2.12. The van der Waals surface area contributed by atoms with Crippen molar-refractivity contribution in [3.8, 4) is 5.75 Å². The van der Waals surface area contributed by atoms with Crippen molar-refractivity contribution < 1.29 is 13.9 Å². The van der Waals surface area contributed by atoms with E-state index in [1.807, 2.05) is 12.1 Å². The predicted molar refractivity (Wildman–Crippen MR) is 113 cm³/mol. The first-order valence-electron chi connectivity index (χ1n) is 9.64. The fourth-order valence-electron chi connectivity index (χ4n) is 3.13. The van der Waals surface area contributed by atoms with Gasteiger partial charge in [-0.25, -0.2) is 9.07 Å². The number of nitrogens with zero attached hydrogens (tertiary/aromatic N) is 3. The summed E-state index contributed by atoms with van der Waals surface area (Å²) in [5.41, 5.74) is 0.991. The lowest BCUT2D eigenvalue weighted by atomic mass is 10.1. The van der Waals surface area contributed by atoms with Crippen LogP contribution in [-0.2, 0) is 17.9 Å². The average molecular weight is 418 g/mol. The Labute approximate surface area is 177 Å². The van der Waals surface area contributed by atoms with Gasteiger partial charge in [0.1, 0.15) is 0 Å². The highest BCUT2D eigenvalue weighted by Gasteiger charge is 2.13. The van der Waals surface area contributed by atoms with Gasteiger partial charge in [0.25, 0.3) is 11.5 Å². The number of fused-ring (bicyclic) bond motifs is 1. The maximum atomic E-state index is 13.6. The minimum absolute atomic E-state index is 0.00476. The first-order chi connectivity index (χ1) is 15.1. The van der Waals surface area contributed by atoms with Gasteiger partial charge in [0.05, 0.1) is 29.9 Å².